The van der Waals surface area contributed by atoms with Crippen molar-refractivity contribution >= 4 is 0 Å². The molecule has 2 aromatic carbocycles. The van der Waals surface area contributed by atoms with Gasteiger partial charge in [-0.1, -0.05) is 60.7 Å². The molecule has 98 valence electrons. The minimum absolute atomic E-state index is 0.588. The van der Waals surface area contributed by atoms with Gasteiger partial charge in [0.1, 0.15) is 0 Å². The Labute approximate surface area is 117 Å². The summed E-state index contributed by atoms with van der Waals surface area (Å²) >= 11 is 0. The zero-order valence-corrected chi connectivity index (χ0v) is 11.2. The van der Waals surface area contributed by atoms with E-state index >= 15 is 0 Å². The summed E-state index contributed by atoms with van der Waals surface area (Å²) in [6.07, 6.45) is 1.81. The van der Waals surface area contributed by atoms with E-state index in [9.17, 15) is 0 Å². The second-order valence-electron chi connectivity index (χ2n) is 4.35. The first kappa shape index (κ1) is 12.4. The van der Waals surface area contributed by atoms with E-state index in [-0.39, 0.29) is 0 Å². The third-order valence-corrected chi connectivity index (χ3v) is 3.06. The molecule has 0 amide bonds. The van der Waals surface area contributed by atoms with Gasteiger partial charge < -0.3 is 4.74 Å². The molecule has 0 saturated heterocycles. The van der Waals surface area contributed by atoms with Gasteiger partial charge in [-0.05, 0) is 5.56 Å². The molecule has 0 aliphatic rings. The van der Waals surface area contributed by atoms with Crippen LogP contribution in [0.1, 0.15) is 0 Å². The van der Waals surface area contributed by atoms with Crippen LogP contribution < -0.4 is 4.74 Å². The largest absolute Gasteiger partial charge is 0.480 e. The van der Waals surface area contributed by atoms with E-state index in [1.807, 2.05) is 66.9 Å². The zero-order chi connectivity index (χ0) is 13.8. The van der Waals surface area contributed by atoms with E-state index < -0.39 is 0 Å². The molecule has 0 radical (unpaired) electrons. The Morgan fingerprint density at radius 3 is 2.00 bits per heavy atom. The van der Waals surface area contributed by atoms with Gasteiger partial charge in [-0.25, -0.2) is 4.98 Å². The smallest absolute Gasteiger partial charge is 0.224 e. The number of aromatic nitrogens is 2. The molecule has 0 aliphatic heterocycles. The molecule has 0 aliphatic carbocycles. The maximum atomic E-state index is 5.41. The second-order valence-corrected chi connectivity index (χ2v) is 4.35. The number of hydrogen-bond acceptors (Lipinski definition) is 3. The Kier molecular flexibility index (Phi) is 3.42. The molecule has 3 rings (SSSR count). The van der Waals surface area contributed by atoms with E-state index in [4.69, 9.17) is 4.74 Å². The van der Waals surface area contributed by atoms with E-state index in [0.29, 0.717) is 11.7 Å². The lowest BCUT2D eigenvalue weighted by Crippen LogP contribution is -1.96. The first-order valence-electron chi connectivity index (χ1n) is 6.40. The molecule has 1 heterocycles. The third-order valence-electron chi connectivity index (χ3n) is 3.06. The molecule has 0 bridgehead atoms. The van der Waals surface area contributed by atoms with E-state index in [1.165, 1.54) is 0 Å². The first-order valence-corrected chi connectivity index (χ1v) is 6.40. The molecule has 3 nitrogen and oxygen atoms in total. The van der Waals surface area contributed by atoms with Crippen molar-refractivity contribution < 1.29 is 4.74 Å². The zero-order valence-electron chi connectivity index (χ0n) is 11.2. The van der Waals surface area contributed by atoms with Crippen LogP contribution in [0.2, 0.25) is 0 Å². The van der Waals surface area contributed by atoms with Crippen molar-refractivity contribution in [2.24, 2.45) is 0 Å². The van der Waals surface area contributed by atoms with Crippen LogP contribution in [-0.4, -0.2) is 17.1 Å². The molecular formula is C17H14N2O. The van der Waals surface area contributed by atoms with Gasteiger partial charge in [0.05, 0.1) is 12.7 Å². The van der Waals surface area contributed by atoms with Crippen molar-refractivity contribution in [2.75, 3.05) is 7.11 Å². The lowest BCUT2D eigenvalue weighted by atomic mass is 10.1. The summed E-state index contributed by atoms with van der Waals surface area (Å²) < 4.78 is 5.41. The van der Waals surface area contributed by atoms with Crippen LogP contribution in [0.15, 0.2) is 66.9 Å². The van der Waals surface area contributed by atoms with Gasteiger partial charge in [-0.2, -0.15) is 4.98 Å². The fraction of sp³-hybridized carbons (Fsp3) is 0.0588. The van der Waals surface area contributed by atoms with Crippen molar-refractivity contribution in [3.8, 4) is 28.4 Å². The molecule has 20 heavy (non-hydrogen) atoms. The van der Waals surface area contributed by atoms with Crippen molar-refractivity contribution in [2.45, 2.75) is 0 Å². The van der Waals surface area contributed by atoms with Crippen LogP contribution in [0.25, 0.3) is 22.5 Å². The average molecular weight is 262 g/mol. The van der Waals surface area contributed by atoms with Crippen LogP contribution in [0.3, 0.4) is 0 Å². The molecule has 0 N–H and O–H groups in total. The molecule has 0 spiro atoms. The molecule has 0 fully saturated rings. The van der Waals surface area contributed by atoms with Crippen LogP contribution in [0.4, 0.5) is 0 Å². The Bertz CT molecular complexity index is 697. The summed E-state index contributed by atoms with van der Waals surface area (Å²) in [4.78, 5) is 8.95. The summed E-state index contributed by atoms with van der Waals surface area (Å²) in [5.41, 5.74) is 2.92. The Hall–Kier alpha value is -2.68. The number of methoxy groups -OCH3 is 1. The number of ether oxygens (including phenoxy) is 1. The lowest BCUT2D eigenvalue weighted by molar-refractivity contribution is 0.399. The monoisotopic (exact) mass is 262 g/mol. The molecule has 0 atom stereocenters. The predicted molar refractivity (Wildman–Crippen MR) is 79.5 cm³/mol. The molecule has 0 saturated carbocycles. The van der Waals surface area contributed by atoms with Gasteiger partial charge in [0.25, 0.3) is 0 Å². The fourth-order valence-corrected chi connectivity index (χ4v) is 2.06. The van der Waals surface area contributed by atoms with Crippen molar-refractivity contribution in [1.29, 1.82) is 0 Å². The Morgan fingerprint density at radius 2 is 1.40 bits per heavy atom. The minimum atomic E-state index is 0.588. The molecule has 0 unspecified atom stereocenters. The summed E-state index contributed by atoms with van der Waals surface area (Å²) in [6.45, 7) is 0. The number of rotatable bonds is 3. The van der Waals surface area contributed by atoms with Crippen molar-refractivity contribution in [1.82, 2.24) is 9.97 Å². The van der Waals surface area contributed by atoms with Crippen LogP contribution in [0.5, 0.6) is 5.88 Å². The fourth-order valence-electron chi connectivity index (χ4n) is 2.06. The maximum Gasteiger partial charge on any atom is 0.224 e. The lowest BCUT2D eigenvalue weighted by Gasteiger charge is -2.09. The molecule has 3 heteroatoms. The summed E-state index contributed by atoms with van der Waals surface area (Å²) in [6, 6.07) is 19.9. The summed E-state index contributed by atoms with van der Waals surface area (Å²) in [5, 5.41) is 0. The Morgan fingerprint density at radius 1 is 0.800 bits per heavy atom. The SMILES string of the molecule is COc1nc(-c2ccccc2)ncc1-c1ccccc1. The van der Waals surface area contributed by atoms with Gasteiger partial charge in [-0.15, -0.1) is 0 Å². The maximum absolute atomic E-state index is 5.41. The molecular weight excluding hydrogens is 248 g/mol. The van der Waals surface area contributed by atoms with Gasteiger partial charge in [-0.3, -0.25) is 0 Å². The summed E-state index contributed by atoms with van der Waals surface area (Å²) in [7, 11) is 1.63. The van der Waals surface area contributed by atoms with Crippen LogP contribution >= 0.6 is 0 Å². The van der Waals surface area contributed by atoms with Crippen molar-refractivity contribution in [3.63, 3.8) is 0 Å². The van der Waals surface area contributed by atoms with E-state index in [0.717, 1.165) is 16.7 Å². The normalized spacial score (nSPS) is 10.2. The molecule has 1 aromatic heterocycles. The minimum Gasteiger partial charge on any atom is -0.480 e. The highest BCUT2D eigenvalue weighted by molar-refractivity contribution is 5.69. The highest BCUT2D eigenvalue weighted by atomic mass is 16.5. The predicted octanol–water partition coefficient (Wildman–Crippen LogP) is 3.82. The van der Waals surface area contributed by atoms with Gasteiger partial charge >= 0.3 is 0 Å². The van der Waals surface area contributed by atoms with Crippen LogP contribution in [0, 0.1) is 0 Å². The van der Waals surface area contributed by atoms with Gasteiger partial charge in [0.2, 0.25) is 5.88 Å². The third kappa shape index (κ3) is 2.38. The number of hydrogen-bond donors (Lipinski definition) is 0. The summed E-state index contributed by atoms with van der Waals surface area (Å²) in [5.74, 6) is 1.26. The second kappa shape index (κ2) is 5.53. The van der Waals surface area contributed by atoms with Gasteiger partial charge in [0.15, 0.2) is 5.82 Å². The van der Waals surface area contributed by atoms with Crippen LogP contribution in [-0.2, 0) is 0 Å². The highest BCUT2D eigenvalue weighted by Gasteiger charge is 2.10. The van der Waals surface area contributed by atoms with E-state index in [1.54, 1.807) is 7.11 Å². The average Bonchev–Trinajstić information content (AvgIpc) is 2.56. The topological polar surface area (TPSA) is 35.0 Å². The highest BCUT2D eigenvalue weighted by Crippen LogP contribution is 2.29. The first-order chi connectivity index (χ1) is 9.88. The van der Waals surface area contributed by atoms with E-state index in [2.05, 4.69) is 9.97 Å². The molecule has 3 aromatic rings. The number of nitrogens with zero attached hydrogens (tertiary/aromatic N) is 2. The van der Waals surface area contributed by atoms with Gasteiger partial charge in [0, 0.05) is 11.8 Å². The van der Waals surface area contributed by atoms with Crippen molar-refractivity contribution in [3.05, 3.63) is 66.9 Å². The number of benzene rings is 2. The quantitative estimate of drug-likeness (QED) is 0.719. The Balaban J connectivity index is 2.07. The standard InChI is InChI=1S/C17H14N2O/c1-20-17-15(13-8-4-2-5-9-13)12-18-16(19-17)14-10-6-3-7-11-14/h2-12H,1H3.